The Balaban J connectivity index is 1.36. The van der Waals surface area contributed by atoms with Crippen molar-refractivity contribution in [2.75, 3.05) is 13.6 Å². The Bertz CT molecular complexity index is 1940. The van der Waals surface area contributed by atoms with E-state index in [1.807, 2.05) is 63.4 Å². The van der Waals surface area contributed by atoms with Crippen LogP contribution in [0.5, 0.6) is 11.5 Å². The Hall–Kier alpha value is -4.40. The first kappa shape index (κ1) is 28.1. The summed E-state index contributed by atoms with van der Waals surface area (Å²) in [4.78, 5) is 20.4. The number of aliphatic hydroxyl groups is 1. The number of phenolic OH excluding ortho intramolecular Hbond substituents is 1. The molecule has 5 atom stereocenters. The summed E-state index contributed by atoms with van der Waals surface area (Å²) in [5.74, 6) is 0.295. The van der Waals surface area contributed by atoms with Crippen LogP contribution in [0.25, 0.3) is 22.3 Å². The number of piperidine rings is 1. The van der Waals surface area contributed by atoms with Gasteiger partial charge in [0.15, 0.2) is 11.5 Å². The zero-order valence-electron chi connectivity index (χ0n) is 25.9. The Morgan fingerprint density at radius 2 is 2.02 bits per heavy atom. The SMILES string of the molecule is C=C(c1cc(O)c2c3c1C[C@@H]1[C@@H]4C=C[C@H](O)[C@H](O2)[C@]34CCN1C)c1c(C)c(C(=O)OC(C)C)cc2cc(-c3ccccn3)cn12. The number of aliphatic hydroxyl groups excluding tert-OH is 1. The first-order valence-electron chi connectivity index (χ1n) is 15.7. The summed E-state index contributed by atoms with van der Waals surface area (Å²) in [5, 5.41) is 22.7. The van der Waals surface area contributed by atoms with Crippen LogP contribution in [0.2, 0.25) is 0 Å². The van der Waals surface area contributed by atoms with Crippen LogP contribution in [0, 0.1) is 12.8 Å². The smallest absolute Gasteiger partial charge is 0.338 e. The Kier molecular flexibility index (Phi) is 6.12. The molecule has 4 aliphatic rings. The number of rotatable bonds is 5. The molecule has 1 fully saturated rings. The number of fused-ring (bicyclic) bond motifs is 1. The summed E-state index contributed by atoms with van der Waals surface area (Å²) in [6, 6.07) is 11.6. The number of hydrogen-bond donors (Lipinski definition) is 2. The zero-order valence-corrected chi connectivity index (χ0v) is 25.9. The molecule has 0 unspecified atom stereocenters. The molecule has 2 aliphatic heterocycles. The molecule has 2 N–H and O–H groups in total. The average molecular weight is 604 g/mol. The third-order valence-corrected chi connectivity index (χ3v) is 10.6. The van der Waals surface area contributed by atoms with Gasteiger partial charge in [0.1, 0.15) is 12.2 Å². The van der Waals surface area contributed by atoms with Gasteiger partial charge in [-0.25, -0.2) is 4.79 Å². The predicted octanol–water partition coefficient (Wildman–Crippen LogP) is 5.45. The van der Waals surface area contributed by atoms with Crippen molar-refractivity contribution >= 4 is 17.1 Å². The van der Waals surface area contributed by atoms with Crippen LogP contribution >= 0.6 is 0 Å². The van der Waals surface area contributed by atoms with Gasteiger partial charge in [-0.3, -0.25) is 4.98 Å². The largest absolute Gasteiger partial charge is 0.504 e. The molecule has 0 amide bonds. The molecule has 0 saturated carbocycles. The third-order valence-electron chi connectivity index (χ3n) is 10.6. The number of aromatic hydroxyl groups is 1. The highest BCUT2D eigenvalue weighted by Crippen LogP contribution is 2.63. The summed E-state index contributed by atoms with van der Waals surface area (Å²) in [5.41, 5.74) is 7.69. The fraction of sp³-hybridized carbons (Fsp3) is 0.351. The maximum Gasteiger partial charge on any atom is 0.338 e. The van der Waals surface area contributed by atoms with Crippen LogP contribution in [0.15, 0.2) is 67.5 Å². The van der Waals surface area contributed by atoms with Gasteiger partial charge in [-0.05, 0) is 99.8 Å². The monoisotopic (exact) mass is 603 g/mol. The molecule has 45 heavy (non-hydrogen) atoms. The van der Waals surface area contributed by atoms with E-state index < -0.39 is 23.6 Å². The van der Waals surface area contributed by atoms with E-state index in [4.69, 9.17) is 9.47 Å². The van der Waals surface area contributed by atoms with Gasteiger partial charge in [-0.1, -0.05) is 24.8 Å². The lowest BCUT2D eigenvalue weighted by Gasteiger charge is -2.56. The molecule has 8 rings (SSSR count). The van der Waals surface area contributed by atoms with Crippen molar-refractivity contribution in [3.05, 3.63) is 101 Å². The minimum atomic E-state index is -0.759. The van der Waals surface area contributed by atoms with Crippen LogP contribution in [0.3, 0.4) is 0 Å². The lowest BCUT2D eigenvalue weighted by Crippen LogP contribution is -2.64. The minimum Gasteiger partial charge on any atom is -0.504 e. The van der Waals surface area contributed by atoms with Crippen LogP contribution in [-0.2, 0) is 16.6 Å². The molecule has 8 nitrogen and oxygen atoms in total. The van der Waals surface area contributed by atoms with E-state index in [9.17, 15) is 15.0 Å². The van der Waals surface area contributed by atoms with Gasteiger partial charge < -0.3 is 29.0 Å². The first-order valence-corrected chi connectivity index (χ1v) is 15.7. The van der Waals surface area contributed by atoms with Gasteiger partial charge in [0, 0.05) is 46.4 Å². The highest BCUT2D eigenvalue weighted by molar-refractivity contribution is 5.96. The van der Waals surface area contributed by atoms with E-state index in [0.29, 0.717) is 16.9 Å². The first-order chi connectivity index (χ1) is 21.6. The molecular weight excluding hydrogens is 566 g/mol. The van der Waals surface area contributed by atoms with E-state index in [0.717, 1.165) is 64.1 Å². The topological polar surface area (TPSA) is 96.5 Å². The number of hydrogen-bond acceptors (Lipinski definition) is 7. The number of pyridine rings is 2. The van der Waals surface area contributed by atoms with Crippen molar-refractivity contribution < 1.29 is 24.5 Å². The summed E-state index contributed by atoms with van der Waals surface area (Å²) < 4.78 is 14.2. The van der Waals surface area contributed by atoms with Crippen molar-refractivity contribution in [2.24, 2.45) is 5.92 Å². The molecule has 2 aliphatic carbocycles. The number of nitrogens with zero attached hydrogens (tertiary/aromatic N) is 3. The normalized spacial score (nSPS) is 26.2. The van der Waals surface area contributed by atoms with Crippen LogP contribution < -0.4 is 4.74 Å². The summed E-state index contributed by atoms with van der Waals surface area (Å²) >= 11 is 0. The molecule has 8 heteroatoms. The lowest BCUT2D eigenvalue weighted by atomic mass is 9.53. The van der Waals surface area contributed by atoms with Gasteiger partial charge in [-0.15, -0.1) is 0 Å². The van der Waals surface area contributed by atoms with Gasteiger partial charge in [0.05, 0.1) is 23.1 Å². The highest BCUT2D eigenvalue weighted by Gasteiger charge is 2.64. The van der Waals surface area contributed by atoms with Crippen molar-refractivity contribution in [3.63, 3.8) is 0 Å². The number of benzene rings is 1. The maximum atomic E-state index is 13.4. The molecule has 1 saturated heterocycles. The molecule has 4 aromatic rings. The van der Waals surface area contributed by atoms with Gasteiger partial charge >= 0.3 is 5.97 Å². The molecule has 3 aromatic heterocycles. The van der Waals surface area contributed by atoms with E-state index in [1.54, 1.807) is 12.3 Å². The molecule has 1 spiro atoms. The molecule has 1 aromatic carbocycles. The van der Waals surface area contributed by atoms with E-state index >= 15 is 0 Å². The molecule has 2 bridgehead atoms. The van der Waals surface area contributed by atoms with Gasteiger partial charge in [-0.2, -0.15) is 0 Å². The molecule has 0 radical (unpaired) electrons. The molecule has 5 heterocycles. The number of esters is 1. The summed E-state index contributed by atoms with van der Waals surface area (Å²) in [6.45, 7) is 11.1. The van der Waals surface area contributed by atoms with Crippen LogP contribution in [-0.4, -0.2) is 68.4 Å². The number of likely N-dealkylation sites (N-methyl/N-ethyl adjacent to an activating group) is 1. The second-order valence-corrected chi connectivity index (χ2v) is 13.3. The number of carbonyl (C=O) groups excluding carboxylic acids is 1. The third kappa shape index (κ3) is 3.85. The van der Waals surface area contributed by atoms with E-state index in [-0.39, 0.29) is 23.8 Å². The average Bonchev–Trinajstić information content (AvgIpc) is 3.60. The number of likely N-dealkylation sites (tertiary alicyclic amines) is 1. The summed E-state index contributed by atoms with van der Waals surface area (Å²) in [6.07, 6.45) is 7.89. The maximum absolute atomic E-state index is 13.4. The zero-order chi connectivity index (χ0) is 31.4. The minimum absolute atomic E-state index is 0.0444. The van der Waals surface area contributed by atoms with E-state index in [2.05, 4.69) is 34.0 Å². The number of ether oxygens (including phenoxy) is 2. The Morgan fingerprint density at radius 3 is 2.78 bits per heavy atom. The molecule has 230 valence electrons. The lowest BCUT2D eigenvalue weighted by molar-refractivity contribution is -0.0453. The van der Waals surface area contributed by atoms with Crippen molar-refractivity contribution in [3.8, 4) is 22.8 Å². The number of phenols is 1. The number of carbonyl (C=O) groups is 1. The summed E-state index contributed by atoms with van der Waals surface area (Å²) in [7, 11) is 2.17. The van der Waals surface area contributed by atoms with Gasteiger partial charge in [0.25, 0.3) is 0 Å². The highest BCUT2D eigenvalue weighted by atomic mass is 16.5. The standard InChI is InChI=1S/C37H37N3O5/c1-19(2)44-36(43)25-15-23-14-22(28-8-6-7-12-38-28)18-40(23)33(21(25)4)20(3)24-17-31(42)34-32-26(24)16-29-27-9-10-30(41)35(45-34)37(27,32)11-13-39(29)5/h6-10,12,14-15,17-19,27,29-30,35,41-42H,3,11,13,16H2,1-2,4-5H3/t27-,29+,30-,35-,37-/m0/s1. The van der Waals surface area contributed by atoms with Crippen molar-refractivity contribution in [1.29, 1.82) is 0 Å². The fourth-order valence-electron chi connectivity index (χ4n) is 8.60. The van der Waals surface area contributed by atoms with Crippen LogP contribution in [0.1, 0.15) is 58.6 Å². The number of aromatic nitrogens is 2. The predicted molar refractivity (Wildman–Crippen MR) is 172 cm³/mol. The fourth-order valence-corrected chi connectivity index (χ4v) is 8.60. The quantitative estimate of drug-likeness (QED) is 0.231. The second kappa shape index (κ2) is 9.80. The molecular formula is C37H37N3O5. The second-order valence-electron chi connectivity index (χ2n) is 13.3. The Labute approximate surface area is 262 Å². The van der Waals surface area contributed by atoms with Crippen molar-refractivity contribution in [1.82, 2.24) is 14.3 Å². The van der Waals surface area contributed by atoms with Crippen molar-refractivity contribution in [2.45, 2.75) is 63.4 Å². The van der Waals surface area contributed by atoms with E-state index in [1.165, 1.54) is 0 Å². The van der Waals surface area contributed by atoms with Crippen LogP contribution in [0.4, 0.5) is 0 Å². The van der Waals surface area contributed by atoms with Gasteiger partial charge in [0.2, 0.25) is 0 Å². The Morgan fingerprint density at radius 1 is 1.20 bits per heavy atom.